The molecule has 3 atom stereocenters. The molecule has 0 aliphatic carbocycles. The van der Waals surface area contributed by atoms with Crippen LogP contribution >= 0.6 is 0 Å². The lowest BCUT2D eigenvalue weighted by molar-refractivity contribution is -0.109. The van der Waals surface area contributed by atoms with Gasteiger partial charge in [0.1, 0.15) is 24.1 Å². The second kappa shape index (κ2) is 6.48. The van der Waals surface area contributed by atoms with E-state index in [0.717, 1.165) is 22.4 Å². The molecule has 118 valence electrons. The average Bonchev–Trinajstić information content (AvgIpc) is 2.98. The number of rotatable bonds is 5. The molecule has 2 heterocycles. The molecule has 1 aliphatic heterocycles. The fraction of sp³-hybridized carbons (Fsp3) is 0.438. The molecule has 6 nitrogen and oxygen atoms in total. The lowest BCUT2D eigenvalue weighted by Crippen LogP contribution is -2.46. The molecular weight excluding hydrogens is 284 g/mol. The van der Waals surface area contributed by atoms with Crippen LogP contribution in [0.1, 0.15) is 5.82 Å². The molecule has 2 aromatic rings. The molecule has 1 aliphatic rings. The van der Waals surface area contributed by atoms with Gasteiger partial charge in [-0.05, 0) is 12.1 Å². The summed E-state index contributed by atoms with van der Waals surface area (Å²) in [6.45, 7) is 0.433. The topological polar surface area (TPSA) is 65.6 Å². The zero-order valence-corrected chi connectivity index (χ0v) is 12.9. The van der Waals surface area contributed by atoms with Crippen molar-refractivity contribution in [1.82, 2.24) is 9.97 Å². The Hall–Kier alpha value is -1.89. The second-order valence-electron chi connectivity index (χ2n) is 5.16. The first-order valence-corrected chi connectivity index (χ1v) is 7.13. The Morgan fingerprint density at radius 3 is 2.68 bits per heavy atom. The van der Waals surface area contributed by atoms with Gasteiger partial charge in [0, 0.05) is 21.3 Å². The lowest BCUT2D eigenvalue weighted by atomic mass is 9.98. The summed E-state index contributed by atoms with van der Waals surface area (Å²) in [5, 5.41) is 0. The van der Waals surface area contributed by atoms with Crippen molar-refractivity contribution in [3.8, 4) is 0 Å². The maximum atomic E-state index is 5.76. The van der Waals surface area contributed by atoms with E-state index < -0.39 is 0 Å². The van der Waals surface area contributed by atoms with Crippen LogP contribution in [0.15, 0.2) is 30.5 Å². The number of hydrogen-bond donors (Lipinski definition) is 1. The molecule has 0 bridgehead atoms. The molecule has 0 saturated heterocycles. The maximum absolute atomic E-state index is 5.76. The number of aromatic amines is 1. The first kappa shape index (κ1) is 15.0. The standard InChI is InChI=1S/C16H20N2O4/c1-19-9-13-15(21-3)14(20-2)10(8-22-13)16-17-11-6-4-5-7-12(11)18-16/h4-8,13-15H,9H2,1-3H3,(H,17,18)/t13-,14-,15+/m1/s1. The smallest absolute Gasteiger partial charge is 0.150 e. The number of hydrogen-bond acceptors (Lipinski definition) is 5. The predicted molar refractivity (Wildman–Crippen MR) is 82.4 cm³/mol. The van der Waals surface area contributed by atoms with Gasteiger partial charge in [-0.25, -0.2) is 4.98 Å². The van der Waals surface area contributed by atoms with Gasteiger partial charge in [-0.2, -0.15) is 0 Å². The molecule has 0 fully saturated rings. The molecule has 1 aromatic carbocycles. The summed E-state index contributed by atoms with van der Waals surface area (Å²) in [4.78, 5) is 7.90. The van der Waals surface area contributed by atoms with Crippen LogP contribution in [-0.4, -0.2) is 56.2 Å². The van der Waals surface area contributed by atoms with Crippen molar-refractivity contribution in [3.05, 3.63) is 36.4 Å². The van der Waals surface area contributed by atoms with E-state index in [2.05, 4.69) is 9.97 Å². The molecule has 0 radical (unpaired) electrons. The number of nitrogens with one attached hydrogen (secondary N) is 1. The van der Waals surface area contributed by atoms with E-state index in [1.807, 2.05) is 24.3 Å². The summed E-state index contributed by atoms with van der Waals surface area (Å²) in [6.07, 6.45) is 0.927. The van der Waals surface area contributed by atoms with Gasteiger partial charge >= 0.3 is 0 Å². The van der Waals surface area contributed by atoms with E-state index in [9.17, 15) is 0 Å². The van der Waals surface area contributed by atoms with Crippen LogP contribution in [0.4, 0.5) is 0 Å². The quantitative estimate of drug-likeness (QED) is 0.915. The van der Waals surface area contributed by atoms with Gasteiger partial charge in [0.15, 0.2) is 0 Å². The number of benzene rings is 1. The first-order chi connectivity index (χ1) is 10.8. The van der Waals surface area contributed by atoms with Gasteiger partial charge in [-0.3, -0.25) is 0 Å². The van der Waals surface area contributed by atoms with Crippen molar-refractivity contribution < 1.29 is 18.9 Å². The zero-order valence-electron chi connectivity index (χ0n) is 12.9. The minimum absolute atomic E-state index is 0.215. The molecule has 1 N–H and O–H groups in total. The highest BCUT2D eigenvalue weighted by Gasteiger charge is 2.38. The molecule has 0 unspecified atom stereocenters. The molecular formula is C16H20N2O4. The lowest BCUT2D eigenvalue weighted by Gasteiger charge is -2.35. The van der Waals surface area contributed by atoms with E-state index in [4.69, 9.17) is 18.9 Å². The predicted octanol–water partition coefficient (Wildman–Crippen LogP) is 1.98. The van der Waals surface area contributed by atoms with E-state index in [1.165, 1.54) is 0 Å². The van der Waals surface area contributed by atoms with Gasteiger partial charge in [0.25, 0.3) is 0 Å². The number of ether oxygens (including phenoxy) is 4. The SMILES string of the molecule is COC[C@H]1OC=C(c2nc3ccccc3[nH]2)[C@@H](OC)[C@H]1OC. The molecule has 0 saturated carbocycles. The van der Waals surface area contributed by atoms with Crippen LogP contribution in [-0.2, 0) is 18.9 Å². The molecule has 6 heteroatoms. The molecule has 1 aromatic heterocycles. The fourth-order valence-corrected chi connectivity index (χ4v) is 2.79. The minimum atomic E-state index is -0.278. The first-order valence-electron chi connectivity index (χ1n) is 7.13. The van der Waals surface area contributed by atoms with Gasteiger partial charge < -0.3 is 23.9 Å². The third kappa shape index (κ3) is 2.61. The number of aromatic nitrogens is 2. The van der Waals surface area contributed by atoms with Crippen LogP contribution in [0.25, 0.3) is 16.6 Å². The highest BCUT2D eigenvalue weighted by molar-refractivity contribution is 5.79. The summed E-state index contributed by atoms with van der Waals surface area (Å²) >= 11 is 0. The molecule has 22 heavy (non-hydrogen) atoms. The Bertz CT molecular complexity index is 634. The van der Waals surface area contributed by atoms with Crippen molar-refractivity contribution in [2.24, 2.45) is 0 Å². The minimum Gasteiger partial charge on any atom is -0.492 e. The normalized spacial score (nSPS) is 25.0. The largest absolute Gasteiger partial charge is 0.492 e. The molecule has 0 spiro atoms. The van der Waals surface area contributed by atoms with Crippen molar-refractivity contribution in [1.29, 1.82) is 0 Å². The number of imidazole rings is 1. The monoisotopic (exact) mass is 304 g/mol. The third-order valence-electron chi connectivity index (χ3n) is 3.86. The van der Waals surface area contributed by atoms with Gasteiger partial charge in [-0.15, -0.1) is 0 Å². The van der Waals surface area contributed by atoms with Crippen molar-refractivity contribution >= 4 is 16.6 Å². The number of fused-ring (bicyclic) bond motifs is 1. The van der Waals surface area contributed by atoms with Gasteiger partial charge in [0.05, 0.1) is 29.5 Å². The van der Waals surface area contributed by atoms with Crippen molar-refractivity contribution in [3.63, 3.8) is 0 Å². The second-order valence-corrected chi connectivity index (χ2v) is 5.16. The number of H-pyrrole nitrogens is 1. The summed E-state index contributed by atoms with van der Waals surface area (Å²) in [5.41, 5.74) is 2.71. The average molecular weight is 304 g/mol. The summed E-state index contributed by atoms with van der Waals surface area (Å²) in [6, 6.07) is 7.87. The maximum Gasteiger partial charge on any atom is 0.150 e. The van der Waals surface area contributed by atoms with Crippen LogP contribution < -0.4 is 0 Å². The van der Waals surface area contributed by atoms with E-state index >= 15 is 0 Å². The van der Waals surface area contributed by atoms with Gasteiger partial charge in [0.2, 0.25) is 0 Å². The van der Waals surface area contributed by atoms with Crippen molar-refractivity contribution in [2.45, 2.75) is 18.3 Å². The highest BCUT2D eigenvalue weighted by atomic mass is 16.6. The number of methoxy groups -OCH3 is 3. The third-order valence-corrected chi connectivity index (χ3v) is 3.86. The Balaban J connectivity index is 1.97. The Kier molecular flexibility index (Phi) is 4.42. The van der Waals surface area contributed by atoms with Crippen LogP contribution in [0, 0.1) is 0 Å². The number of nitrogens with zero attached hydrogens (tertiary/aromatic N) is 1. The number of para-hydroxylation sites is 2. The summed E-state index contributed by atoms with van der Waals surface area (Å²) in [5.74, 6) is 0.728. The summed E-state index contributed by atoms with van der Waals surface area (Å²) < 4.78 is 22.2. The van der Waals surface area contributed by atoms with Crippen LogP contribution in [0.2, 0.25) is 0 Å². The van der Waals surface area contributed by atoms with E-state index in [0.29, 0.717) is 6.61 Å². The molecule has 0 amide bonds. The zero-order chi connectivity index (χ0) is 15.5. The highest BCUT2D eigenvalue weighted by Crippen LogP contribution is 2.30. The van der Waals surface area contributed by atoms with Gasteiger partial charge in [-0.1, -0.05) is 12.1 Å². The van der Waals surface area contributed by atoms with E-state index in [1.54, 1.807) is 27.6 Å². The van der Waals surface area contributed by atoms with Crippen LogP contribution in [0.3, 0.4) is 0 Å². The van der Waals surface area contributed by atoms with Crippen molar-refractivity contribution in [2.75, 3.05) is 27.9 Å². The Morgan fingerprint density at radius 2 is 2.00 bits per heavy atom. The van der Waals surface area contributed by atoms with Crippen LogP contribution in [0.5, 0.6) is 0 Å². The Morgan fingerprint density at radius 1 is 1.18 bits per heavy atom. The summed E-state index contributed by atoms with van der Waals surface area (Å²) in [7, 11) is 4.93. The molecule has 3 rings (SSSR count). The fourth-order valence-electron chi connectivity index (χ4n) is 2.79. The van der Waals surface area contributed by atoms with E-state index in [-0.39, 0.29) is 18.3 Å². The Labute approximate surface area is 129 Å².